The summed E-state index contributed by atoms with van der Waals surface area (Å²) in [5, 5.41) is 0.879. The fourth-order valence-electron chi connectivity index (χ4n) is 4.47. The van der Waals surface area contributed by atoms with Crippen molar-refractivity contribution in [1.82, 2.24) is 9.88 Å². The summed E-state index contributed by atoms with van der Waals surface area (Å²) in [7, 11) is 0. The molecule has 2 atom stereocenters. The van der Waals surface area contributed by atoms with Crippen LogP contribution in [0.3, 0.4) is 0 Å². The molecule has 1 saturated heterocycles. The number of hydrogen-bond donors (Lipinski definition) is 1. The third-order valence-electron chi connectivity index (χ3n) is 6.12. The van der Waals surface area contributed by atoms with E-state index < -0.39 is 12.0 Å². The van der Waals surface area contributed by atoms with E-state index >= 15 is 0 Å². The highest BCUT2D eigenvalue weighted by Crippen LogP contribution is 2.31. The maximum Gasteiger partial charge on any atom is 0.263 e. The van der Waals surface area contributed by atoms with Crippen LogP contribution in [0.1, 0.15) is 52.9 Å². The number of para-hydroxylation sites is 1. The number of aryl methyl sites for hydroxylation is 2. The van der Waals surface area contributed by atoms with Crippen LogP contribution in [0.2, 0.25) is 0 Å². The molecular formula is C26H29N3O3. The molecule has 1 aromatic heterocycles. The van der Waals surface area contributed by atoms with Crippen LogP contribution in [0.5, 0.6) is 5.75 Å². The first kappa shape index (κ1) is 21.8. The molecule has 1 aliphatic heterocycles. The first-order valence-electron chi connectivity index (χ1n) is 11.1. The van der Waals surface area contributed by atoms with Crippen molar-refractivity contribution in [3.8, 4) is 5.75 Å². The third-order valence-corrected chi connectivity index (χ3v) is 6.12. The second-order valence-electron chi connectivity index (χ2n) is 8.63. The Morgan fingerprint density at radius 2 is 1.94 bits per heavy atom. The van der Waals surface area contributed by atoms with Crippen molar-refractivity contribution in [2.75, 3.05) is 13.1 Å². The van der Waals surface area contributed by atoms with Gasteiger partial charge in [0, 0.05) is 24.4 Å². The van der Waals surface area contributed by atoms with Crippen LogP contribution >= 0.6 is 0 Å². The number of piperidine rings is 1. The van der Waals surface area contributed by atoms with E-state index in [-0.39, 0.29) is 11.8 Å². The second-order valence-corrected chi connectivity index (χ2v) is 8.63. The molecule has 3 aromatic rings. The average Bonchev–Trinajstić information content (AvgIpc) is 2.79. The molecule has 6 heteroatoms. The molecule has 0 saturated carbocycles. The molecule has 4 rings (SSSR count). The molecule has 0 spiro atoms. The SMILES string of the molecule is Cc1ccc(O[C@@H](C)C(=O)N2CCC[C@@H](c3nc4ccccc4cc3C(N)=O)C2)c(C)c1. The number of rotatable bonds is 5. The number of aromatic nitrogens is 1. The van der Waals surface area contributed by atoms with E-state index in [9.17, 15) is 9.59 Å². The molecule has 166 valence electrons. The van der Waals surface area contributed by atoms with Gasteiger partial charge >= 0.3 is 0 Å². The predicted octanol–water partition coefficient (Wildman–Crippen LogP) is 4.12. The molecule has 6 nitrogen and oxygen atoms in total. The van der Waals surface area contributed by atoms with Gasteiger partial charge in [0.2, 0.25) is 0 Å². The van der Waals surface area contributed by atoms with Gasteiger partial charge < -0.3 is 15.4 Å². The Morgan fingerprint density at radius 3 is 2.69 bits per heavy atom. The van der Waals surface area contributed by atoms with E-state index in [4.69, 9.17) is 15.5 Å². The Hall–Kier alpha value is -3.41. The molecule has 0 bridgehead atoms. The lowest BCUT2D eigenvalue weighted by atomic mass is 9.90. The number of nitrogens with zero attached hydrogens (tertiary/aromatic N) is 2. The average molecular weight is 432 g/mol. The highest BCUT2D eigenvalue weighted by molar-refractivity contribution is 5.97. The molecule has 2 heterocycles. The lowest BCUT2D eigenvalue weighted by Crippen LogP contribution is -2.45. The zero-order valence-corrected chi connectivity index (χ0v) is 18.8. The number of benzene rings is 2. The van der Waals surface area contributed by atoms with Crippen molar-refractivity contribution < 1.29 is 14.3 Å². The molecule has 0 unspecified atom stereocenters. The lowest BCUT2D eigenvalue weighted by molar-refractivity contribution is -0.139. The first-order chi connectivity index (χ1) is 15.3. The van der Waals surface area contributed by atoms with Gasteiger partial charge in [-0.05, 0) is 57.4 Å². The fourth-order valence-corrected chi connectivity index (χ4v) is 4.47. The smallest absolute Gasteiger partial charge is 0.263 e. The minimum atomic E-state index is -0.602. The van der Waals surface area contributed by atoms with Gasteiger partial charge in [0.05, 0.1) is 16.8 Å². The molecule has 2 aromatic carbocycles. The molecule has 0 aliphatic carbocycles. The summed E-state index contributed by atoms with van der Waals surface area (Å²) in [6, 6.07) is 15.4. The van der Waals surface area contributed by atoms with Crippen LogP contribution in [0, 0.1) is 13.8 Å². The summed E-state index contributed by atoms with van der Waals surface area (Å²) in [5.41, 5.74) is 9.78. The van der Waals surface area contributed by atoms with Crippen molar-refractivity contribution in [3.05, 3.63) is 70.9 Å². The van der Waals surface area contributed by atoms with Crippen LogP contribution in [0.25, 0.3) is 10.9 Å². The van der Waals surface area contributed by atoms with Gasteiger partial charge in [-0.15, -0.1) is 0 Å². The Bertz CT molecular complexity index is 1170. The molecule has 1 aliphatic rings. The Labute approximate surface area is 188 Å². The first-order valence-corrected chi connectivity index (χ1v) is 11.1. The van der Waals surface area contributed by atoms with Gasteiger partial charge in [-0.1, -0.05) is 35.9 Å². The Morgan fingerprint density at radius 1 is 1.16 bits per heavy atom. The molecule has 2 N–H and O–H groups in total. The number of hydrogen-bond acceptors (Lipinski definition) is 4. The van der Waals surface area contributed by atoms with Crippen molar-refractivity contribution in [3.63, 3.8) is 0 Å². The molecule has 1 fully saturated rings. The zero-order valence-electron chi connectivity index (χ0n) is 18.8. The van der Waals surface area contributed by atoms with E-state index in [1.54, 1.807) is 6.92 Å². The van der Waals surface area contributed by atoms with E-state index in [2.05, 4.69) is 0 Å². The van der Waals surface area contributed by atoms with Gasteiger partial charge in [0.25, 0.3) is 11.8 Å². The van der Waals surface area contributed by atoms with Gasteiger partial charge in [0.1, 0.15) is 5.75 Å². The van der Waals surface area contributed by atoms with Crippen molar-refractivity contribution in [2.24, 2.45) is 5.73 Å². The van der Waals surface area contributed by atoms with Crippen molar-refractivity contribution >= 4 is 22.7 Å². The minimum absolute atomic E-state index is 0.0480. The molecule has 0 radical (unpaired) electrons. The normalized spacial score (nSPS) is 17.2. The van der Waals surface area contributed by atoms with Gasteiger partial charge in [0.15, 0.2) is 6.10 Å². The Balaban J connectivity index is 1.55. The van der Waals surface area contributed by atoms with E-state index in [1.807, 2.05) is 67.3 Å². The van der Waals surface area contributed by atoms with Gasteiger partial charge in [-0.3, -0.25) is 14.6 Å². The molecular weight excluding hydrogens is 402 g/mol. The maximum atomic E-state index is 13.2. The van der Waals surface area contributed by atoms with Crippen LogP contribution in [-0.4, -0.2) is 40.9 Å². The van der Waals surface area contributed by atoms with Crippen LogP contribution in [0.4, 0.5) is 0 Å². The summed E-state index contributed by atoms with van der Waals surface area (Å²) in [6.07, 6.45) is 1.08. The highest BCUT2D eigenvalue weighted by atomic mass is 16.5. The topological polar surface area (TPSA) is 85.5 Å². The summed E-state index contributed by atoms with van der Waals surface area (Å²) >= 11 is 0. The number of ether oxygens (including phenoxy) is 1. The van der Waals surface area contributed by atoms with E-state index in [0.717, 1.165) is 40.6 Å². The number of likely N-dealkylation sites (tertiary alicyclic amines) is 1. The molecule has 32 heavy (non-hydrogen) atoms. The number of fused-ring (bicyclic) bond motifs is 1. The minimum Gasteiger partial charge on any atom is -0.481 e. The maximum absolute atomic E-state index is 13.2. The molecule has 2 amide bonds. The monoisotopic (exact) mass is 431 g/mol. The van der Waals surface area contributed by atoms with Crippen molar-refractivity contribution in [1.29, 1.82) is 0 Å². The van der Waals surface area contributed by atoms with Gasteiger partial charge in [-0.25, -0.2) is 0 Å². The number of primary amides is 1. The predicted molar refractivity (Wildman–Crippen MR) is 125 cm³/mol. The largest absolute Gasteiger partial charge is 0.481 e. The standard InChI is InChI=1S/C26H29N3O3/c1-16-10-11-23(17(2)13-16)32-18(3)26(31)29-12-6-8-20(15-29)24-21(25(27)30)14-19-7-4-5-9-22(19)28-24/h4-5,7,9-11,13-14,18,20H,6,8,12,15H2,1-3H3,(H2,27,30)/t18-,20+/m0/s1. The summed E-state index contributed by atoms with van der Waals surface area (Å²) in [6.45, 7) is 6.95. The zero-order chi connectivity index (χ0) is 22.8. The van der Waals surface area contributed by atoms with Crippen LogP contribution in [-0.2, 0) is 4.79 Å². The van der Waals surface area contributed by atoms with Crippen LogP contribution in [0.15, 0.2) is 48.5 Å². The number of carbonyl (C=O) groups is 2. The third kappa shape index (κ3) is 4.44. The fraction of sp³-hybridized carbons (Fsp3) is 0.346. The quantitative estimate of drug-likeness (QED) is 0.658. The van der Waals surface area contributed by atoms with Crippen LogP contribution < -0.4 is 10.5 Å². The highest BCUT2D eigenvalue weighted by Gasteiger charge is 2.31. The van der Waals surface area contributed by atoms with E-state index in [1.165, 1.54) is 0 Å². The summed E-state index contributed by atoms with van der Waals surface area (Å²) in [4.78, 5) is 31.9. The summed E-state index contributed by atoms with van der Waals surface area (Å²) < 4.78 is 5.99. The number of pyridine rings is 1. The van der Waals surface area contributed by atoms with Crippen molar-refractivity contribution in [2.45, 2.75) is 45.6 Å². The number of carbonyl (C=O) groups excluding carboxylic acids is 2. The lowest BCUT2D eigenvalue weighted by Gasteiger charge is -2.34. The van der Waals surface area contributed by atoms with E-state index in [0.29, 0.717) is 24.3 Å². The van der Waals surface area contributed by atoms with Gasteiger partial charge in [-0.2, -0.15) is 0 Å². The number of nitrogens with two attached hydrogens (primary N) is 1. The summed E-state index contributed by atoms with van der Waals surface area (Å²) in [5.74, 6) is 0.120. The second kappa shape index (κ2) is 8.99. The number of amides is 2. The Kier molecular flexibility index (Phi) is 6.12.